The Morgan fingerprint density at radius 1 is 1.29 bits per heavy atom. The topological polar surface area (TPSA) is 27.8 Å². The van der Waals surface area contributed by atoms with E-state index in [0.29, 0.717) is 12.0 Å². The minimum atomic E-state index is 0.642. The third kappa shape index (κ3) is 1.36. The second-order valence-electron chi connectivity index (χ2n) is 5.32. The first kappa shape index (κ1) is 9.92. The van der Waals surface area contributed by atoms with Crippen molar-refractivity contribution in [1.29, 1.82) is 0 Å². The minimum Gasteiger partial charge on any atom is -0.361 e. The fourth-order valence-electron chi connectivity index (χ4n) is 3.60. The Labute approximate surface area is 104 Å². The quantitative estimate of drug-likeness (QED) is 0.667. The fourth-order valence-corrected chi connectivity index (χ4v) is 3.90. The van der Waals surface area contributed by atoms with Crippen LogP contribution in [0, 0.1) is 0 Å². The summed E-state index contributed by atoms with van der Waals surface area (Å²) in [6.07, 6.45) is 5.99. The van der Waals surface area contributed by atoms with Gasteiger partial charge in [-0.1, -0.05) is 11.3 Å². The molecule has 1 aliphatic carbocycles. The van der Waals surface area contributed by atoms with Crippen LogP contribution >= 0.6 is 0 Å². The van der Waals surface area contributed by atoms with Crippen molar-refractivity contribution in [1.82, 2.24) is 10.3 Å². The molecule has 1 saturated heterocycles. The lowest BCUT2D eigenvalue weighted by Gasteiger charge is -2.36. The molecule has 2 aromatic rings. The highest BCUT2D eigenvalue weighted by molar-refractivity contribution is 6.33. The van der Waals surface area contributed by atoms with E-state index in [4.69, 9.17) is 0 Å². The van der Waals surface area contributed by atoms with E-state index >= 15 is 0 Å². The first-order chi connectivity index (χ1) is 8.33. The number of hydrogen-bond donors (Lipinski definition) is 2. The van der Waals surface area contributed by atoms with Crippen LogP contribution < -0.4 is 10.5 Å². The number of piperidine rings is 1. The van der Waals surface area contributed by atoms with Gasteiger partial charge in [0.25, 0.3) is 0 Å². The number of H-pyrrole nitrogens is 1. The van der Waals surface area contributed by atoms with Crippen LogP contribution in [-0.4, -0.2) is 27.8 Å². The van der Waals surface area contributed by atoms with Crippen molar-refractivity contribution >= 4 is 26.3 Å². The Morgan fingerprint density at radius 2 is 2.24 bits per heavy atom. The molecule has 2 nitrogen and oxygen atoms in total. The molecule has 4 rings (SSSR count). The molecular weight excluding hydrogens is 224 g/mol. The van der Waals surface area contributed by atoms with E-state index in [1.807, 2.05) is 0 Å². The minimum absolute atomic E-state index is 0.642. The fraction of sp³-hybridized carbons (Fsp3) is 0.429. The molecule has 0 bridgehead atoms. The van der Waals surface area contributed by atoms with Gasteiger partial charge in [0.1, 0.15) is 0 Å². The van der Waals surface area contributed by atoms with Crippen LogP contribution in [0.3, 0.4) is 0 Å². The molecule has 0 spiro atoms. The second kappa shape index (κ2) is 3.46. The molecule has 17 heavy (non-hydrogen) atoms. The molecule has 1 aromatic heterocycles. The van der Waals surface area contributed by atoms with Crippen LogP contribution in [0.5, 0.6) is 0 Å². The Balaban J connectivity index is 1.99. The standard InChI is InChI=1S/C14H15N2Si/c17-9-5-11-10-2-1-3-15-12(10)4-8-7-16-13(6-9)14(8)11/h5-7,10,12,15-16H,1-4H2/t10-,12-/m1/s1. The summed E-state index contributed by atoms with van der Waals surface area (Å²) in [6, 6.07) is 5.15. The molecule has 3 radical (unpaired) electrons. The van der Waals surface area contributed by atoms with Crippen molar-refractivity contribution in [3.05, 3.63) is 29.5 Å². The molecule has 1 aliphatic heterocycles. The number of nitrogens with one attached hydrogen (secondary N) is 2. The van der Waals surface area contributed by atoms with Crippen molar-refractivity contribution in [3.63, 3.8) is 0 Å². The summed E-state index contributed by atoms with van der Waals surface area (Å²) in [6.45, 7) is 1.18. The maximum absolute atomic E-state index is 3.69. The monoisotopic (exact) mass is 239 g/mol. The van der Waals surface area contributed by atoms with Crippen molar-refractivity contribution < 1.29 is 0 Å². The highest BCUT2D eigenvalue weighted by atomic mass is 28.1. The number of hydrogen-bond acceptors (Lipinski definition) is 1. The maximum atomic E-state index is 3.69. The molecule has 85 valence electrons. The number of aromatic amines is 1. The van der Waals surface area contributed by atoms with E-state index in [9.17, 15) is 0 Å². The Morgan fingerprint density at radius 3 is 3.18 bits per heavy atom. The highest BCUT2D eigenvalue weighted by Crippen LogP contribution is 2.39. The molecule has 1 aromatic carbocycles. The van der Waals surface area contributed by atoms with Crippen molar-refractivity contribution in [2.24, 2.45) is 0 Å². The zero-order chi connectivity index (χ0) is 11.4. The van der Waals surface area contributed by atoms with Crippen molar-refractivity contribution in [3.8, 4) is 0 Å². The Hall–Kier alpha value is -1.06. The number of rotatable bonds is 0. The van der Waals surface area contributed by atoms with Crippen molar-refractivity contribution in [2.75, 3.05) is 6.54 Å². The van der Waals surface area contributed by atoms with Crippen LogP contribution in [0.1, 0.15) is 29.9 Å². The molecule has 1 fully saturated rings. The Kier molecular flexibility index (Phi) is 2.02. The van der Waals surface area contributed by atoms with Crippen LogP contribution in [0.2, 0.25) is 0 Å². The summed E-state index contributed by atoms with van der Waals surface area (Å²) >= 11 is 0. The van der Waals surface area contributed by atoms with Gasteiger partial charge in [-0.15, -0.1) is 0 Å². The lowest BCUT2D eigenvalue weighted by molar-refractivity contribution is 0.345. The van der Waals surface area contributed by atoms with Gasteiger partial charge in [0.2, 0.25) is 0 Å². The van der Waals surface area contributed by atoms with Crippen molar-refractivity contribution in [2.45, 2.75) is 31.2 Å². The average Bonchev–Trinajstić information content (AvgIpc) is 2.73. The van der Waals surface area contributed by atoms with Gasteiger partial charge in [-0.2, -0.15) is 0 Å². The zero-order valence-corrected chi connectivity index (χ0v) is 10.7. The molecule has 2 heterocycles. The van der Waals surface area contributed by atoms with Crippen LogP contribution in [0.25, 0.3) is 10.9 Å². The highest BCUT2D eigenvalue weighted by Gasteiger charge is 2.32. The van der Waals surface area contributed by atoms with Crippen LogP contribution in [0.15, 0.2) is 18.3 Å². The molecular formula is C14H15N2Si. The third-order valence-corrected chi connectivity index (χ3v) is 4.60. The number of aromatic nitrogens is 1. The molecule has 0 unspecified atom stereocenters. The van der Waals surface area contributed by atoms with E-state index < -0.39 is 0 Å². The van der Waals surface area contributed by atoms with E-state index in [1.54, 1.807) is 0 Å². The Bertz CT molecular complexity index is 587. The largest absolute Gasteiger partial charge is 0.361 e. The van der Waals surface area contributed by atoms with Crippen LogP contribution in [-0.2, 0) is 6.42 Å². The number of fused-ring (bicyclic) bond motifs is 2. The van der Waals surface area contributed by atoms with Gasteiger partial charge in [0.15, 0.2) is 0 Å². The average molecular weight is 239 g/mol. The van der Waals surface area contributed by atoms with E-state index in [-0.39, 0.29) is 0 Å². The summed E-state index contributed by atoms with van der Waals surface area (Å²) in [5.41, 5.74) is 4.30. The van der Waals surface area contributed by atoms with E-state index in [2.05, 4.69) is 38.9 Å². The van der Waals surface area contributed by atoms with Gasteiger partial charge in [-0.3, -0.25) is 0 Å². The first-order valence-corrected chi connectivity index (χ1v) is 6.92. The van der Waals surface area contributed by atoms with Gasteiger partial charge < -0.3 is 10.3 Å². The molecule has 3 heteroatoms. The van der Waals surface area contributed by atoms with E-state index in [1.165, 1.54) is 53.0 Å². The van der Waals surface area contributed by atoms with Gasteiger partial charge in [-0.25, -0.2) is 0 Å². The predicted octanol–water partition coefficient (Wildman–Crippen LogP) is 1.35. The van der Waals surface area contributed by atoms with Crippen LogP contribution in [0.4, 0.5) is 0 Å². The lowest BCUT2D eigenvalue weighted by atomic mass is 9.76. The van der Waals surface area contributed by atoms with Gasteiger partial charge in [-0.05, 0) is 43.0 Å². The summed E-state index contributed by atoms with van der Waals surface area (Å²) in [7, 11) is 3.69. The molecule has 2 N–H and O–H groups in total. The smallest absolute Gasteiger partial charge is 0.0712 e. The summed E-state index contributed by atoms with van der Waals surface area (Å²) < 4.78 is 0. The summed E-state index contributed by atoms with van der Waals surface area (Å²) in [5, 5.41) is 6.35. The zero-order valence-electron chi connectivity index (χ0n) is 9.72. The SMILES string of the molecule is [Si]c1cc2c3c(c[nH]c3c1)C[C@H]1NCCC[C@H]21. The predicted molar refractivity (Wildman–Crippen MR) is 71.2 cm³/mol. The molecule has 0 saturated carbocycles. The molecule has 2 atom stereocenters. The first-order valence-electron chi connectivity index (χ1n) is 6.42. The lowest BCUT2D eigenvalue weighted by Crippen LogP contribution is -2.43. The molecule has 0 amide bonds. The maximum Gasteiger partial charge on any atom is 0.0712 e. The molecule has 2 aliphatic rings. The number of benzene rings is 1. The normalized spacial score (nSPS) is 27.1. The second-order valence-corrected chi connectivity index (χ2v) is 5.89. The van der Waals surface area contributed by atoms with Gasteiger partial charge in [0.05, 0.1) is 10.2 Å². The van der Waals surface area contributed by atoms with E-state index in [0.717, 1.165) is 0 Å². The summed E-state index contributed by atoms with van der Waals surface area (Å²) in [5.74, 6) is 0.700. The van der Waals surface area contributed by atoms with Gasteiger partial charge >= 0.3 is 0 Å². The summed E-state index contributed by atoms with van der Waals surface area (Å²) in [4.78, 5) is 3.41. The van der Waals surface area contributed by atoms with Gasteiger partial charge in [0, 0.05) is 29.1 Å². The third-order valence-electron chi connectivity index (χ3n) is 4.32.